The van der Waals surface area contributed by atoms with Crippen LogP contribution in [0.3, 0.4) is 0 Å². The molecule has 3 aromatic rings. The lowest BCUT2D eigenvalue weighted by Gasteiger charge is -2.07. The number of hydrogen-bond donors (Lipinski definition) is 1. The molecule has 0 bridgehead atoms. The van der Waals surface area contributed by atoms with Gasteiger partial charge in [0.25, 0.3) is 5.91 Å². The topological polar surface area (TPSA) is 58.8 Å². The second-order valence-corrected chi connectivity index (χ2v) is 6.03. The summed E-state index contributed by atoms with van der Waals surface area (Å²) in [5.74, 6) is -0.691. The third-order valence-corrected chi connectivity index (χ3v) is 3.85. The maximum Gasteiger partial charge on any atom is 0.417 e. The number of pyridine rings is 1. The van der Waals surface area contributed by atoms with Gasteiger partial charge in [-0.25, -0.2) is 10.4 Å². The number of imidazole rings is 1. The molecule has 0 aliphatic rings. The minimum Gasteiger partial charge on any atom is -0.304 e. The highest BCUT2D eigenvalue weighted by Gasteiger charge is 2.32. The van der Waals surface area contributed by atoms with Gasteiger partial charge in [-0.05, 0) is 23.8 Å². The molecule has 2 heterocycles. The molecule has 0 spiro atoms. The summed E-state index contributed by atoms with van der Waals surface area (Å²) < 4.78 is 39.5. The van der Waals surface area contributed by atoms with Crippen LogP contribution < -0.4 is 5.43 Å². The van der Waals surface area contributed by atoms with E-state index in [0.29, 0.717) is 10.6 Å². The van der Waals surface area contributed by atoms with Crippen molar-refractivity contribution in [3.63, 3.8) is 0 Å². The van der Waals surface area contributed by atoms with Crippen molar-refractivity contribution in [1.82, 2.24) is 14.8 Å². The molecule has 0 radical (unpaired) electrons. The van der Waals surface area contributed by atoms with Crippen LogP contribution in [-0.2, 0) is 6.18 Å². The lowest BCUT2D eigenvalue weighted by Crippen LogP contribution is -2.17. The second-order valence-electron chi connectivity index (χ2n) is 5.18. The van der Waals surface area contributed by atoms with Crippen molar-refractivity contribution < 1.29 is 18.0 Å². The Labute approximate surface area is 155 Å². The summed E-state index contributed by atoms with van der Waals surface area (Å²) in [4.78, 5) is 16.0. The Morgan fingerprint density at radius 1 is 1.19 bits per heavy atom. The first-order valence-corrected chi connectivity index (χ1v) is 7.84. The van der Waals surface area contributed by atoms with Crippen LogP contribution >= 0.6 is 23.2 Å². The van der Waals surface area contributed by atoms with Gasteiger partial charge in [-0.3, -0.25) is 4.79 Å². The van der Waals surface area contributed by atoms with E-state index in [4.69, 9.17) is 23.2 Å². The monoisotopic (exact) mass is 400 g/mol. The van der Waals surface area contributed by atoms with Crippen molar-refractivity contribution >= 4 is 41.0 Å². The van der Waals surface area contributed by atoms with Crippen molar-refractivity contribution in [2.24, 2.45) is 5.10 Å². The van der Waals surface area contributed by atoms with Crippen molar-refractivity contribution in [2.75, 3.05) is 0 Å². The first-order chi connectivity index (χ1) is 12.2. The summed E-state index contributed by atoms with van der Waals surface area (Å²) in [6.45, 7) is 0. The number of halogens is 5. The van der Waals surface area contributed by atoms with Gasteiger partial charge in [-0.15, -0.1) is 0 Å². The zero-order chi connectivity index (χ0) is 18.9. The molecule has 26 heavy (non-hydrogen) atoms. The number of hydrogen-bond acceptors (Lipinski definition) is 3. The van der Waals surface area contributed by atoms with Gasteiger partial charge in [0.1, 0.15) is 5.69 Å². The molecule has 5 nitrogen and oxygen atoms in total. The first-order valence-electron chi connectivity index (χ1n) is 7.08. The maximum atomic E-state index is 12.8. The molecule has 1 aromatic carbocycles. The van der Waals surface area contributed by atoms with Gasteiger partial charge in [0, 0.05) is 17.4 Å². The molecule has 0 unspecified atom stereocenters. The van der Waals surface area contributed by atoms with Crippen LogP contribution in [0.2, 0.25) is 10.0 Å². The fourth-order valence-corrected chi connectivity index (χ4v) is 2.48. The highest BCUT2D eigenvalue weighted by molar-refractivity contribution is 6.33. The van der Waals surface area contributed by atoms with Crippen LogP contribution in [0, 0.1) is 0 Å². The summed E-state index contributed by atoms with van der Waals surface area (Å²) in [6.07, 6.45) is -1.22. The number of amides is 1. The molecule has 0 fully saturated rings. The van der Waals surface area contributed by atoms with Gasteiger partial charge >= 0.3 is 6.18 Å². The van der Waals surface area contributed by atoms with Crippen LogP contribution in [0.1, 0.15) is 21.6 Å². The average Bonchev–Trinajstić information content (AvgIpc) is 3.01. The summed E-state index contributed by atoms with van der Waals surface area (Å²) in [6, 6.07) is 7.47. The third kappa shape index (κ3) is 3.97. The Hall–Kier alpha value is -2.58. The number of carbonyl (C=O) groups is 1. The van der Waals surface area contributed by atoms with Gasteiger partial charge in [0.05, 0.1) is 16.8 Å². The highest BCUT2D eigenvalue weighted by atomic mass is 35.5. The maximum absolute atomic E-state index is 12.8. The van der Waals surface area contributed by atoms with Gasteiger partial charge < -0.3 is 4.40 Å². The number of benzene rings is 1. The average molecular weight is 401 g/mol. The van der Waals surface area contributed by atoms with E-state index in [1.807, 2.05) is 0 Å². The van der Waals surface area contributed by atoms with Gasteiger partial charge in [0.15, 0.2) is 5.65 Å². The fourth-order valence-electron chi connectivity index (χ4n) is 2.09. The van der Waals surface area contributed by atoms with Gasteiger partial charge in [-0.2, -0.15) is 18.3 Å². The SMILES string of the molecule is O=C(NN=Cc1ccc(Cl)cc1)c1cn2cc(C(F)(F)F)cc(Cl)c2n1. The minimum atomic E-state index is -4.56. The smallest absolute Gasteiger partial charge is 0.304 e. The Balaban J connectivity index is 1.80. The van der Waals surface area contributed by atoms with E-state index >= 15 is 0 Å². The number of alkyl halides is 3. The molecule has 0 atom stereocenters. The van der Waals surface area contributed by atoms with E-state index in [-0.39, 0.29) is 16.4 Å². The highest BCUT2D eigenvalue weighted by Crippen LogP contribution is 2.32. The molecule has 2 aromatic heterocycles. The molecule has 1 amide bonds. The number of nitrogens with zero attached hydrogens (tertiary/aromatic N) is 3. The number of nitrogens with one attached hydrogen (secondary N) is 1. The molecular weight excluding hydrogens is 392 g/mol. The van der Waals surface area contributed by atoms with Crippen LogP contribution in [0.15, 0.2) is 47.8 Å². The Morgan fingerprint density at radius 2 is 1.88 bits per heavy atom. The Kier molecular flexibility index (Phi) is 4.88. The lowest BCUT2D eigenvalue weighted by molar-refractivity contribution is -0.137. The summed E-state index contributed by atoms with van der Waals surface area (Å²) in [5, 5.41) is 4.11. The molecule has 134 valence electrons. The largest absolute Gasteiger partial charge is 0.417 e. The Morgan fingerprint density at radius 3 is 2.54 bits per heavy atom. The van der Waals surface area contributed by atoms with E-state index in [1.165, 1.54) is 6.21 Å². The number of carbonyl (C=O) groups excluding carboxylic acids is 1. The summed E-state index contributed by atoms with van der Waals surface area (Å²) in [7, 11) is 0. The molecule has 0 aliphatic carbocycles. The number of fused-ring (bicyclic) bond motifs is 1. The molecule has 3 rings (SSSR count). The summed E-state index contributed by atoms with van der Waals surface area (Å²) in [5.41, 5.74) is 1.90. The Bertz CT molecular complexity index is 997. The third-order valence-electron chi connectivity index (χ3n) is 3.32. The van der Waals surface area contributed by atoms with Crippen LogP contribution in [0.5, 0.6) is 0 Å². The normalized spacial score (nSPS) is 12.0. The second kappa shape index (κ2) is 6.97. The van der Waals surface area contributed by atoms with Crippen LogP contribution in [0.4, 0.5) is 13.2 Å². The standard InChI is InChI=1S/C16H9Cl2F3N4O/c17-11-3-1-9(2-4-11)6-22-24-15(26)13-8-25-7-10(16(19,20)21)5-12(18)14(25)23-13/h1-8H,(H,24,26). The van der Waals surface area contributed by atoms with E-state index < -0.39 is 17.6 Å². The first kappa shape index (κ1) is 18.2. The molecule has 10 heteroatoms. The van der Waals surface area contributed by atoms with Gasteiger partial charge in [0.2, 0.25) is 0 Å². The predicted molar refractivity (Wildman–Crippen MR) is 91.7 cm³/mol. The van der Waals surface area contributed by atoms with E-state index in [9.17, 15) is 18.0 Å². The van der Waals surface area contributed by atoms with Crippen molar-refractivity contribution in [2.45, 2.75) is 6.18 Å². The lowest BCUT2D eigenvalue weighted by atomic mass is 10.2. The zero-order valence-electron chi connectivity index (χ0n) is 12.8. The predicted octanol–water partition coefficient (Wildman–Crippen LogP) is 4.42. The van der Waals surface area contributed by atoms with Crippen molar-refractivity contribution in [1.29, 1.82) is 0 Å². The molecule has 0 saturated carbocycles. The molecular formula is C16H9Cl2F3N4O. The zero-order valence-corrected chi connectivity index (χ0v) is 14.3. The van der Waals surface area contributed by atoms with Crippen molar-refractivity contribution in [3.8, 4) is 0 Å². The van der Waals surface area contributed by atoms with Crippen LogP contribution in [-0.4, -0.2) is 21.5 Å². The number of hydrazone groups is 1. The van der Waals surface area contributed by atoms with E-state index in [2.05, 4.69) is 15.5 Å². The quantitative estimate of drug-likeness (QED) is 0.522. The van der Waals surface area contributed by atoms with Crippen molar-refractivity contribution in [3.05, 3.63) is 69.6 Å². The molecule has 0 saturated heterocycles. The minimum absolute atomic E-state index is 0.0338. The summed E-state index contributed by atoms with van der Waals surface area (Å²) >= 11 is 11.6. The fraction of sp³-hybridized carbons (Fsp3) is 0.0625. The van der Waals surface area contributed by atoms with E-state index in [0.717, 1.165) is 22.9 Å². The number of rotatable bonds is 3. The van der Waals surface area contributed by atoms with Gasteiger partial charge in [-0.1, -0.05) is 35.3 Å². The molecule has 1 N–H and O–H groups in total. The number of aromatic nitrogens is 2. The van der Waals surface area contributed by atoms with Crippen LogP contribution in [0.25, 0.3) is 5.65 Å². The molecule has 0 aliphatic heterocycles. The van der Waals surface area contributed by atoms with E-state index in [1.54, 1.807) is 24.3 Å².